The highest BCUT2D eigenvalue weighted by Gasteiger charge is 2.11. The van der Waals surface area contributed by atoms with E-state index >= 15 is 0 Å². The van der Waals surface area contributed by atoms with Gasteiger partial charge in [0.1, 0.15) is 5.15 Å². The van der Waals surface area contributed by atoms with E-state index in [0.717, 1.165) is 5.56 Å². The van der Waals surface area contributed by atoms with E-state index in [0.29, 0.717) is 11.0 Å². The molecule has 0 bridgehead atoms. The summed E-state index contributed by atoms with van der Waals surface area (Å²) in [5.41, 5.74) is 6.66. The predicted octanol–water partition coefficient (Wildman–Crippen LogP) is 2.54. The fourth-order valence-electron chi connectivity index (χ4n) is 1.09. The Kier molecular flexibility index (Phi) is 3.72. The van der Waals surface area contributed by atoms with Crippen molar-refractivity contribution in [2.45, 2.75) is 32.9 Å². The Morgan fingerprint density at radius 2 is 2.00 bits per heavy atom. The zero-order valence-corrected chi connectivity index (χ0v) is 9.38. The summed E-state index contributed by atoms with van der Waals surface area (Å²) in [6.07, 6.45) is 0.0680. The number of pyridine rings is 1. The van der Waals surface area contributed by atoms with Crippen LogP contribution in [0.1, 0.15) is 32.4 Å². The van der Waals surface area contributed by atoms with Crippen molar-refractivity contribution in [3.05, 3.63) is 22.8 Å². The van der Waals surface area contributed by atoms with Crippen LogP contribution in [0.15, 0.2) is 12.1 Å². The van der Waals surface area contributed by atoms with Gasteiger partial charge in [0.25, 0.3) is 0 Å². The minimum absolute atomic E-state index is 0.0680. The molecule has 0 saturated carbocycles. The predicted molar refractivity (Wildman–Crippen MR) is 57.6 cm³/mol. The second kappa shape index (κ2) is 4.62. The van der Waals surface area contributed by atoms with E-state index in [2.05, 4.69) is 4.98 Å². The minimum Gasteiger partial charge on any atom is -0.475 e. The second-order valence-electron chi connectivity index (χ2n) is 3.48. The average molecular weight is 215 g/mol. The molecule has 0 aliphatic carbocycles. The molecule has 0 aliphatic rings. The Labute approximate surface area is 89.2 Å². The molecule has 1 aromatic rings. The third-order valence-corrected chi connectivity index (χ3v) is 1.90. The number of ether oxygens (including phenoxy) is 1. The van der Waals surface area contributed by atoms with E-state index in [4.69, 9.17) is 22.1 Å². The van der Waals surface area contributed by atoms with Gasteiger partial charge in [-0.3, -0.25) is 0 Å². The molecular weight excluding hydrogens is 200 g/mol. The first-order valence-corrected chi connectivity index (χ1v) is 4.97. The first kappa shape index (κ1) is 11.3. The van der Waals surface area contributed by atoms with Crippen LogP contribution in [0, 0.1) is 0 Å². The normalized spacial score (nSPS) is 13.0. The number of nitrogens with two attached hydrogens (primary N) is 1. The van der Waals surface area contributed by atoms with Crippen molar-refractivity contribution in [1.29, 1.82) is 0 Å². The lowest BCUT2D eigenvalue weighted by Crippen LogP contribution is -2.13. The van der Waals surface area contributed by atoms with Crippen LogP contribution in [0.3, 0.4) is 0 Å². The van der Waals surface area contributed by atoms with Gasteiger partial charge in [-0.05, 0) is 32.9 Å². The molecule has 4 heteroatoms. The van der Waals surface area contributed by atoms with Crippen molar-refractivity contribution in [3.63, 3.8) is 0 Å². The Hall–Kier alpha value is -0.800. The van der Waals surface area contributed by atoms with Crippen LogP contribution < -0.4 is 10.5 Å². The summed E-state index contributed by atoms with van der Waals surface area (Å²) >= 11 is 5.77. The Balaban J connectivity index is 3.03. The molecule has 0 unspecified atom stereocenters. The molecule has 0 saturated heterocycles. The van der Waals surface area contributed by atoms with Gasteiger partial charge in [-0.1, -0.05) is 11.6 Å². The zero-order valence-electron chi connectivity index (χ0n) is 8.62. The van der Waals surface area contributed by atoms with Gasteiger partial charge >= 0.3 is 0 Å². The number of halogens is 1. The van der Waals surface area contributed by atoms with Crippen molar-refractivity contribution in [2.75, 3.05) is 0 Å². The average Bonchev–Trinajstić information content (AvgIpc) is 2.01. The summed E-state index contributed by atoms with van der Waals surface area (Å²) in [6.45, 7) is 5.76. The van der Waals surface area contributed by atoms with E-state index in [9.17, 15) is 0 Å². The van der Waals surface area contributed by atoms with E-state index in [1.165, 1.54) is 0 Å². The van der Waals surface area contributed by atoms with E-state index in [1.807, 2.05) is 26.8 Å². The summed E-state index contributed by atoms with van der Waals surface area (Å²) < 4.78 is 5.51. The number of hydrogen-bond donors (Lipinski definition) is 1. The molecule has 0 aromatic carbocycles. The van der Waals surface area contributed by atoms with Crippen LogP contribution in [0.4, 0.5) is 0 Å². The van der Waals surface area contributed by atoms with Crippen LogP contribution in [-0.4, -0.2) is 11.1 Å². The highest BCUT2D eigenvalue weighted by Crippen LogP contribution is 2.24. The molecule has 0 radical (unpaired) electrons. The largest absolute Gasteiger partial charge is 0.475 e. The molecule has 78 valence electrons. The zero-order chi connectivity index (χ0) is 10.7. The Morgan fingerprint density at radius 3 is 2.50 bits per heavy atom. The van der Waals surface area contributed by atoms with Gasteiger partial charge in [0.05, 0.1) is 6.10 Å². The quantitative estimate of drug-likeness (QED) is 0.787. The van der Waals surface area contributed by atoms with Crippen LogP contribution in [0.2, 0.25) is 5.15 Å². The molecule has 1 heterocycles. The van der Waals surface area contributed by atoms with Crippen molar-refractivity contribution in [3.8, 4) is 5.88 Å². The van der Waals surface area contributed by atoms with E-state index in [-0.39, 0.29) is 12.1 Å². The molecular formula is C10H15ClN2O. The first-order valence-electron chi connectivity index (χ1n) is 4.59. The van der Waals surface area contributed by atoms with Crippen LogP contribution in [-0.2, 0) is 0 Å². The first-order chi connectivity index (χ1) is 6.50. The van der Waals surface area contributed by atoms with Gasteiger partial charge in [-0.25, -0.2) is 4.98 Å². The molecule has 2 N–H and O–H groups in total. The molecule has 1 aromatic heterocycles. The van der Waals surface area contributed by atoms with Gasteiger partial charge in [-0.15, -0.1) is 0 Å². The number of nitrogens with zero attached hydrogens (tertiary/aromatic N) is 1. The van der Waals surface area contributed by atoms with E-state index < -0.39 is 0 Å². The molecule has 0 aliphatic heterocycles. The maximum atomic E-state index is 5.78. The SMILES string of the molecule is CC(C)Oc1nc(Cl)ccc1[C@H](C)N. The molecule has 3 nitrogen and oxygen atoms in total. The van der Waals surface area contributed by atoms with Gasteiger partial charge in [-0.2, -0.15) is 0 Å². The summed E-state index contributed by atoms with van der Waals surface area (Å²) in [5, 5.41) is 0.421. The molecule has 0 amide bonds. The molecule has 1 atom stereocenters. The standard InChI is InChI=1S/C10H15ClN2O/c1-6(2)14-10-8(7(3)12)4-5-9(11)13-10/h4-7H,12H2,1-3H3/t7-/m0/s1. The highest BCUT2D eigenvalue weighted by atomic mass is 35.5. The van der Waals surface area contributed by atoms with Crippen LogP contribution in [0.25, 0.3) is 0 Å². The third-order valence-electron chi connectivity index (χ3n) is 1.69. The number of hydrogen-bond acceptors (Lipinski definition) is 3. The number of rotatable bonds is 3. The van der Waals surface area contributed by atoms with Crippen molar-refractivity contribution in [1.82, 2.24) is 4.98 Å². The maximum absolute atomic E-state index is 5.78. The van der Waals surface area contributed by atoms with Crippen LogP contribution in [0.5, 0.6) is 5.88 Å². The van der Waals surface area contributed by atoms with E-state index in [1.54, 1.807) is 6.07 Å². The summed E-state index contributed by atoms with van der Waals surface area (Å²) in [6, 6.07) is 3.46. The summed E-state index contributed by atoms with van der Waals surface area (Å²) in [4.78, 5) is 4.10. The minimum atomic E-state index is -0.103. The van der Waals surface area contributed by atoms with Crippen molar-refractivity contribution < 1.29 is 4.74 Å². The molecule has 1 rings (SSSR count). The topological polar surface area (TPSA) is 48.1 Å². The lowest BCUT2D eigenvalue weighted by molar-refractivity contribution is 0.229. The third kappa shape index (κ3) is 2.86. The van der Waals surface area contributed by atoms with Crippen LogP contribution >= 0.6 is 11.6 Å². The van der Waals surface area contributed by atoms with Gasteiger partial charge in [0.2, 0.25) is 5.88 Å². The van der Waals surface area contributed by atoms with Gasteiger partial charge in [0, 0.05) is 11.6 Å². The smallest absolute Gasteiger partial charge is 0.219 e. The second-order valence-corrected chi connectivity index (χ2v) is 3.87. The molecule has 0 spiro atoms. The molecule has 14 heavy (non-hydrogen) atoms. The fourth-order valence-corrected chi connectivity index (χ4v) is 1.23. The summed E-state index contributed by atoms with van der Waals surface area (Å²) in [7, 11) is 0. The highest BCUT2D eigenvalue weighted by molar-refractivity contribution is 6.29. The lowest BCUT2D eigenvalue weighted by Gasteiger charge is -2.15. The van der Waals surface area contributed by atoms with Crippen molar-refractivity contribution in [2.24, 2.45) is 5.73 Å². The monoisotopic (exact) mass is 214 g/mol. The van der Waals surface area contributed by atoms with Gasteiger partial charge < -0.3 is 10.5 Å². The maximum Gasteiger partial charge on any atom is 0.219 e. The fraction of sp³-hybridized carbons (Fsp3) is 0.500. The molecule has 0 fully saturated rings. The lowest BCUT2D eigenvalue weighted by atomic mass is 10.1. The Bertz CT molecular complexity index is 313. The number of aromatic nitrogens is 1. The summed E-state index contributed by atoms with van der Waals surface area (Å²) in [5.74, 6) is 0.530. The van der Waals surface area contributed by atoms with Gasteiger partial charge in [0.15, 0.2) is 0 Å². The van der Waals surface area contributed by atoms with Crippen molar-refractivity contribution >= 4 is 11.6 Å². The Morgan fingerprint density at radius 1 is 1.36 bits per heavy atom.